The molecule has 2 atom stereocenters. The van der Waals surface area contributed by atoms with Crippen LogP contribution in [0.2, 0.25) is 0 Å². The average Bonchev–Trinajstić information content (AvgIpc) is 2.67. The number of primary sulfonamides is 1. The monoisotopic (exact) mass is 317 g/mol. The summed E-state index contributed by atoms with van der Waals surface area (Å²) in [6.45, 7) is 0.998. The van der Waals surface area contributed by atoms with Crippen LogP contribution in [0.25, 0.3) is 0 Å². The molecule has 3 N–H and O–H groups in total. The highest BCUT2D eigenvalue weighted by Gasteiger charge is 2.33. The normalized spacial score (nSPS) is 23.0. The second kappa shape index (κ2) is 5.88. The van der Waals surface area contributed by atoms with Gasteiger partial charge in [-0.25, -0.2) is 17.9 Å². The van der Waals surface area contributed by atoms with Crippen molar-refractivity contribution in [2.24, 2.45) is 5.14 Å². The fourth-order valence-electron chi connectivity index (χ4n) is 2.68. The summed E-state index contributed by atoms with van der Waals surface area (Å²) in [6, 6.07) is 3.58. The third-order valence-electron chi connectivity index (χ3n) is 3.53. The number of β-amino-alcohol motifs (C(OH)–C–C–N with tert-alkyl or cyclic N) is 1. The topological polar surface area (TPSA) is 86.9 Å². The maximum absolute atomic E-state index is 14.2. The van der Waals surface area contributed by atoms with Crippen LogP contribution in [-0.2, 0) is 10.0 Å². The molecule has 1 fully saturated rings. The van der Waals surface area contributed by atoms with Crippen LogP contribution in [-0.4, -0.2) is 57.8 Å². The number of nitrogens with zero attached hydrogens (tertiary/aromatic N) is 2. The van der Waals surface area contributed by atoms with Gasteiger partial charge in [-0.15, -0.1) is 0 Å². The second-order valence-electron chi connectivity index (χ2n) is 5.62. The van der Waals surface area contributed by atoms with Crippen LogP contribution < -0.4 is 10.0 Å². The van der Waals surface area contributed by atoms with E-state index >= 15 is 0 Å². The van der Waals surface area contributed by atoms with E-state index < -0.39 is 21.9 Å². The quantitative estimate of drug-likeness (QED) is 0.815. The summed E-state index contributed by atoms with van der Waals surface area (Å²) in [7, 11) is -0.113. The molecule has 0 bridgehead atoms. The largest absolute Gasteiger partial charge is 0.391 e. The zero-order valence-corrected chi connectivity index (χ0v) is 12.8. The predicted molar refractivity (Wildman–Crippen MR) is 78.1 cm³/mol. The Morgan fingerprint density at radius 1 is 1.48 bits per heavy atom. The first-order valence-electron chi connectivity index (χ1n) is 6.60. The Labute approximate surface area is 124 Å². The molecular weight excluding hydrogens is 297 g/mol. The molecule has 0 radical (unpaired) electrons. The van der Waals surface area contributed by atoms with Gasteiger partial charge in [0.2, 0.25) is 10.0 Å². The van der Waals surface area contributed by atoms with Gasteiger partial charge in [0.25, 0.3) is 0 Å². The highest BCUT2D eigenvalue weighted by molar-refractivity contribution is 7.89. The molecule has 1 aliphatic rings. The van der Waals surface area contributed by atoms with Gasteiger partial charge < -0.3 is 14.9 Å². The summed E-state index contributed by atoms with van der Waals surface area (Å²) >= 11 is 0. The van der Waals surface area contributed by atoms with E-state index in [9.17, 15) is 17.9 Å². The number of sulfonamides is 1. The van der Waals surface area contributed by atoms with E-state index in [0.717, 1.165) is 6.07 Å². The first kappa shape index (κ1) is 16.2. The van der Waals surface area contributed by atoms with Crippen LogP contribution in [0.4, 0.5) is 10.1 Å². The number of rotatable bonds is 4. The summed E-state index contributed by atoms with van der Waals surface area (Å²) < 4.78 is 36.7. The first-order valence-corrected chi connectivity index (χ1v) is 8.15. The van der Waals surface area contributed by atoms with Gasteiger partial charge in [-0.05, 0) is 38.7 Å². The lowest BCUT2D eigenvalue weighted by Crippen LogP contribution is -2.38. The van der Waals surface area contributed by atoms with E-state index in [-0.39, 0.29) is 16.6 Å². The molecule has 0 spiro atoms. The standard InChI is InChI=1S/C13H20FN3O3S/c1-16(2)7-9-5-10(18)8-17(9)13-4-3-11(6-12(13)14)21(15,19)20/h3-4,6,9-10,18H,5,7-8H2,1-2H3,(H2,15,19,20). The SMILES string of the molecule is CN(C)CC1CC(O)CN1c1ccc(S(N)(=O)=O)cc1F. The molecule has 0 amide bonds. The van der Waals surface area contributed by atoms with Gasteiger partial charge in [0.05, 0.1) is 16.7 Å². The Morgan fingerprint density at radius 2 is 2.14 bits per heavy atom. The molecule has 8 heteroatoms. The molecule has 0 aliphatic carbocycles. The van der Waals surface area contributed by atoms with Crippen molar-refractivity contribution in [3.05, 3.63) is 24.0 Å². The number of hydrogen-bond acceptors (Lipinski definition) is 5. The number of anilines is 1. The number of aliphatic hydroxyl groups excluding tert-OH is 1. The van der Waals surface area contributed by atoms with Crippen molar-refractivity contribution in [1.29, 1.82) is 0 Å². The van der Waals surface area contributed by atoms with E-state index in [1.165, 1.54) is 12.1 Å². The molecule has 0 saturated carbocycles. The lowest BCUT2D eigenvalue weighted by Gasteiger charge is -2.29. The summed E-state index contributed by atoms with van der Waals surface area (Å²) in [5.41, 5.74) is 0.283. The maximum atomic E-state index is 14.2. The van der Waals surface area contributed by atoms with Gasteiger partial charge >= 0.3 is 0 Å². The Balaban J connectivity index is 2.32. The molecule has 2 rings (SSSR count). The van der Waals surface area contributed by atoms with E-state index in [0.29, 0.717) is 19.5 Å². The number of hydrogen-bond donors (Lipinski definition) is 2. The lowest BCUT2D eigenvalue weighted by atomic mass is 10.2. The van der Waals surface area contributed by atoms with Crippen LogP contribution in [0, 0.1) is 5.82 Å². The highest BCUT2D eigenvalue weighted by atomic mass is 32.2. The second-order valence-corrected chi connectivity index (χ2v) is 7.18. The van der Waals surface area contributed by atoms with Crippen molar-refractivity contribution in [3.63, 3.8) is 0 Å². The van der Waals surface area contributed by atoms with Crippen molar-refractivity contribution in [3.8, 4) is 0 Å². The van der Waals surface area contributed by atoms with Gasteiger partial charge in [-0.2, -0.15) is 0 Å². The molecular formula is C13H20FN3O3S. The van der Waals surface area contributed by atoms with E-state index in [4.69, 9.17) is 5.14 Å². The lowest BCUT2D eigenvalue weighted by molar-refractivity contribution is 0.191. The molecule has 2 unspecified atom stereocenters. The van der Waals surface area contributed by atoms with Gasteiger partial charge in [0.15, 0.2) is 0 Å². The zero-order valence-electron chi connectivity index (χ0n) is 12.0. The van der Waals surface area contributed by atoms with Gasteiger partial charge in [0.1, 0.15) is 5.82 Å². The van der Waals surface area contributed by atoms with Gasteiger partial charge in [-0.3, -0.25) is 0 Å². The summed E-state index contributed by atoms with van der Waals surface area (Å²) in [6.07, 6.45) is 0.0291. The van der Waals surface area contributed by atoms with Crippen LogP contribution in [0.3, 0.4) is 0 Å². The van der Waals surface area contributed by atoms with Crippen LogP contribution in [0.1, 0.15) is 6.42 Å². The van der Waals surface area contributed by atoms with Gasteiger partial charge in [-0.1, -0.05) is 0 Å². The zero-order chi connectivity index (χ0) is 15.8. The van der Waals surface area contributed by atoms with Gasteiger partial charge in [0, 0.05) is 19.1 Å². The van der Waals surface area contributed by atoms with E-state index in [1.54, 1.807) is 4.90 Å². The number of halogens is 1. The smallest absolute Gasteiger partial charge is 0.238 e. The van der Waals surface area contributed by atoms with Crippen molar-refractivity contribution in [2.75, 3.05) is 32.1 Å². The minimum absolute atomic E-state index is 0.0233. The highest BCUT2D eigenvalue weighted by Crippen LogP contribution is 2.29. The molecule has 1 aromatic carbocycles. The number of benzene rings is 1. The summed E-state index contributed by atoms with van der Waals surface area (Å²) in [4.78, 5) is 3.48. The average molecular weight is 317 g/mol. The number of nitrogens with two attached hydrogens (primary N) is 1. The fourth-order valence-corrected chi connectivity index (χ4v) is 3.20. The molecule has 21 heavy (non-hydrogen) atoms. The number of aliphatic hydroxyl groups is 1. The molecule has 6 nitrogen and oxygen atoms in total. The first-order chi connectivity index (χ1) is 9.68. The summed E-state index contributed by atoms with van der Waals surface area (Å²) in [5, 5.41) is 14.8. The fraction of sp³-hybridized carbons (Fsp3) is 0.538. The minimum Gasteiger partial charge on any atom is -0.391 e. The number of likely N-dealkylation sites (N-methyl/N-ethyl adjacent to an activating group) is 1. The molecule has 118 valence electrons. The van der Waals surface area contributed by atoms with Crippen molar-refractivity contribution < 1.29 is 17.9 Å². The van der Waals surface area contributed by atoms with Crippen LogP contribution in [0.15, 0.2) is 23.1 Å². The Bertz CT molecular complexity index is 621. The van der Waals surface area contributed by atoms with E-state index in [2.05, 4.69) is 0 Å². The van der Waals surface area contributed by atoms with E-state index in [1.807, 2.05) is 19.0 Å². The Hall–Kier alpha value is -1.22. The van der Waals surface area contributed by atoms with Crippen molar-refractivity contribution in [1.82, 2.24) is 4.90 Å². The third-order valence-corrected chi connectivity index (χ3v) is 4.44. The minimum atomic E-state index is -3.93. The predicted octanol–water partition coefficient (Wildman–Crippen LogP) is -0.0257. The molecule has 1 heterocycles. The summed E-state index contributed by atoms with van der Waals surface area (Å²) in [5.74, 6) is -0.653. The van der Waals surface area contributed by atoms with Crippen molar-refractivity contribution >= 4 is 15.7 Å². The van der Waals surface area contributed by atoms with Crippen LogP contribution in [0.5, 0.6) is 0 Å². The molecule has 1 aliphatic heterocycles. The third kappa shape index (κ3) is 3.70. The Kier molecular flexibility index (Phi) is 4.52. The molecule has 1 aromatic rings. The molecule has 1 saturated heterocycles. The van der Waals surface area contributed by atoms with Crippen molar-refractivity contribution in [2.45, 2.75) is 23.5 Å². The Morgan fingerprint density at radius 3 is 2.67 bits per heavy atom. The van der Waals surface area contributed by atoms with Crippen LogP contribution >= 0.6 is 0 Å². The molecule has 0 aromatic heterocycles. The maximum Gasteiger partial charge on any atom is 0.238 e.